The first-order valence-electron chi connectivity index (χ1n) is 10.7. The molecule has 0 saturated heterocycles. The molecule has 5 nitrogen and oxygen atoms in total. The third-order valence-corrected chi connectivity index (χ3v) is 4.74. The van der Waals surface area contributed by atoms with E-state index < -0.39 is 0 Å². The molecular weight excluding hydrogens is 475 g/mol. The summed E-state index contributed by atoms with van der Waals surface area (Å²) in [5.41, 5.74) is 2.30. The van der Waals surface area contributed by atoms with Crippen molar-refractivity contribution < 1.29 is 4.74 Å². The Morgan fingerprint density at radius 1 is 1.17 bits per heavy atom. The summed E-state index contributed by atoms with van der Waals surface area (Å²) in [6, 6.07) is 8.92. The van der Waals surface area contributed by atoms with Crippen LogP contribution in [0.4, 0.5) is 0 Å². The lowest BCUT2D eigenvalue weighted by molar-refractivity contribution is -0.0149. The van der Waals surface area contributed by atoms with Crippen molar-refractivity contribution in [2.45, 2.75) is 79.2 Å². The normalized spacial score (nSPS) is 13.2. The van der Waals surface area contributed by atoms with Gasteiger partial charge in [0.1, 0.15) is 0 Å². The summed E-state index contributed by atoms with van der Waals surface area (Å²) in [5, 5.41) is 6.93. The van der Waals surface area contributed by atoms with Gasteiger partial charge in [-0.05, 0) is 71.3 Å². The van der Waals surface area contributed by atoms with Gasteiger partial charge in [0.2, 0.25) is 0 Å². The van der Waals surface area contributed by atoms with Gasteiger partial charge in [-0.2, -0.15) is 0 Å². The Morgan fingerprint density at radius 3 is 2.41 bits per heavy atom. The number of nitrogens with one attached hydrogen (secondary N) is 2. The van der Waals surface area contributed by atoms with Crippen molar-refractivity contribution in [3.63, 3.8) is 0 Å². The zero-order valence-electron chi connectivity index (χ0n) is 19.5. The zero-order valence-corrected chi connectivity index (χ0v) is 21.9. The van der Waals surface area contributed by atoms with Crippen LogP contribution in [-0.4, -0.2) is 49.2 Å². The first-order valence-corrected chi connectivity index (χ1v) is 10.7. The molecule has 1 aromatic rings. The number of nitrogens with zero attached hydrogens (tertiary/aromatic N) is 2. The second-order valence-corrected chi connectivity index (χ2v) is 8.36. The van der Waals surface area contributed by atoms with Gasteiger partial charge >= 0.3 is 0 Å². The largest absolute Gasteiger partial charge is 0.371 e. The van der Waals surface area contributed by atoms with E-state index in [0.717, 1.165) is 38.6 Å². The summed E-state index contributed by atoms with van der Waals surface area (Å²) in [5.74, 6) is 0.853. The van der Waals surface area contributed by atoms with Crippen LogP contribution in [0.1, 0.15) is 65.5 Å². The molecule has 1 rings (SSSR count). The van der Waals surface area contributed by atoms with E-state index in [4.69, 9.17) is 4.74 Å². The second-order valence-electron chi connectivity index (χ2n) is 8.36. The molecule has 0 saturated carbocycles. The first kappa shape index (κ1) is 28.1. The average Bonchev–Trinajstić information content (AvgIpc) is 2.66. The lowest BCUT2D eigenvalue weighted by atomic mass is 10.1. The number of ether oxygens (including phenoxy) is 1. The van der Waals surface area contributed by atoms with Gasteiger partial charge < -0.3 is 20.3 Å². The highest BCUT2D eigenvalue weighted by atomic mass is 127. The molecule has 1 atom stereocenters. The maximum atomic E-state index is 5.88. The van der Waals surface area contributed by atoms with Crippen LogP contribution >= 0.6 is 24.0 Å². The molecule has 2 N–H and O–H groups in total. The Labute approximate surface area is 196 Å². The molecule has 29 heavy (non-hydrogen) atoms. The van der Waals surface area contributed by atoms with Gasteiger partial charge in [0.05, 0.1) is 12.2 Å². The van der Waals surface area contributed by atoms with Gasteiger partial charge in [-0.25, -0.2) is 0 Å². The van der Waals surface area contributed by atoms with E-state index in [-0.39, 0.29) is 29.6 Å². The summed E-state index contributed by atoms with van der Waals surface area (Å²) in [7, 11) is 1.82. The van der Waals surface area contributed by atoms with E-state index in [2.05, 4.69) is 86.3 Å². The number of halogens is 1. The minimum atomic E-state index is -0.123. The number of hydrogen-bond donors (Lipinski definition) is 2. The van der Waals surface area contributed by atoms with Crippen molar-refractivity contribution in [2.24, 2.45) is 4.99 Å². The first-order chi connectivity index (χ1) is 13.3. The van der Waals surface area contributed by atoms with E-state index in [1.165, 1.54) is 17.5 Å². The van der Waals surface area contributed by atoms with E-state index in [1.807, 2.05) is 7.05 Å². The molecule has 0 heterocycles. The highest BCUT2D eigenvalue weighted by Gasteiger charge is 2.10. The van der Waals surface area contributed by atoms with Gasteiger partial charge in [-0.1, -0.05) is 38.1 Å². The van der Waals surface area contributed by atoms with Crippen molar-refractivity contribution in [1.82, 2.24) is 15.5 Å². The smallest absolute Gasteiger partial charge is 0.191 e. The number of guanidine groups is 1. The van der Waals surface area contributed by atoms with Crippen molar-refractivity contribution >= 4 is 29.9 Å². The fourth-order valence-corrected chi connectivity index (χ4v) is 2.98. The number of benzene rings is 1. The van der Waals surface area contributed by atoms with Gasteiger partial charge in [-0.15, -0.1) is 24.0 Å². The predicted molar refractivity (Wildman–Crippen MR) is 136 cm³/mol. The monoisotopic (exact) mass is 518 g/mol. The molecule has 0 aliphatic rings. The molecule has 6 heteroatoms. The lowest BCUT2D eigenvalue weighted by Gasteiger charge is -2.21. The van der Waals surface area contributed by atoms with Crippen LogP contribution in [-0.2, 0) is 17.9 Å². The van der Waals surface area contributed by atoms with Crippen LogP contribution < -0.4 is 10.6 Å². The average molecular weight is 519 g/mol. The van der Waals surface area contributed by atoms with E-state index in [0.29, 0.717) is 12.6 Å². The Morgan fingerprint density at radius 2 is 1.83 bits per heavy atom. The Kier molecular flexibility index (Phi) is 14.6. The SMILES string of the molecule is CCN(CC)CCCC(C)NC(=NC)NCc1cccc(COC(C)(C)C)c1.I. The minimum absolute atomic E-state index is 0. The minimum Gasteiger partial charge on any atom is -0.371 e. The molecule has 0 fully saturated rings. The van der Waals surface area contributed by atoms with Crippen molar-refractivity contribution in [1.29, 1.82) is 0 Å². The van der Waals surface area contributed by atoms with Crippen LogP contribution in [0, 0.1) is 0 Å². The van der Waals surface area contributed by atoms with Gasteiger partial charge in [-0.3, -0.25) is 4.99 Å². The van der Waals surface area contributed by atoms with Crippen LogP contribution in [0.25, 0.3) is 0 Å². The van der Waals surface area contributed by atoms with Crippen LogP contribution in [0.15, 0.2) is 29.3 Å². The maximum Gasteiger partial charge on any atom is 0.191 e. The molecule has 0 aromatic heterocycles. The van der Waals surface area contributed by atoms with Crippen molar-refractivity contribution in [3.05, 3.63) is 35.4 Å². The van der Waals surface area contributed by atoms with Crippen LogP contribution in [0.2, 0.25) is 0 Å². The number of aliphatic imine (C=N–C) groups is 1. The summed E-state index contributed by atoms with van der Waals surface area (Å²) in [6.45, 7) is 17.7. The molecule has 0 bridgehead atoms. The zero-order chi connectivity index (χ0) is 21.0. The third-order valence-electron chi connectivity index (χ3n) is 4.74. The van der Waals surface area contributed by atoms with Crippen LogP contribution in [0.5, 0.6) is 0 Å². The summed E-state index contributed by atoms with van der Waals surface area (Å²) >= 11 is 0. The molecule has 0 aliphatic heterocycles. The topological polar surface area (TPSA) is 48.9 Å². The molecular formula is C23H43IN4O. The van der Waals surface area contributed by atoms with Gasteiger partial charge in [0.15, 0.2) is 5.96 Å². The second kappa shape index (κ2) is 15.0. The summed E-state index contributed by atoms with van der Waals surface area (Å²) in [6.07, 6.45) is 2.33. The number of hydrogen-bond acceptors (Lipinski definition) is 3. The summed E-state index contributed by atoms with van der Waals surface area (Å²) in [4.78, 5) is 6.84. The molecule has 0 aliphatic carbocycles. The van der Waals surface area contributed by atoms with E-state index >= 15 is 0 Å². The Hall–Kier alpha value is -0.860. The maximum absolute atomic E-state index is 5.88. The molecule has 1 unspecified atom stereocenters. The quantitative estimate of drug-likeness (QED) is 0.251. The van der Waals surface area contributed by atoms with Gasteiger partial charge in [0.25, 0.3) is 0 Å². The highest BCUT2D eigenvalue weighted by molar-refractivity contribution is 14.0. The fraction of sp³-hybridized carbons (Fsp3) is 0.696. The van der Waals surface area contributed by atoms with Crippen molar-refractivity contribution in [2.75, 3.05) is 26.7 Å². The molecule has 0 amide bonds. The summed E-state index contributed by atoms with van der Waals surface area (Å²) < 4.78 is 5.88. The van der Waals surface area contributed by atoms with Crippen molar-refractivity contribution in [3.8, 4) is 0 Å². The lowest BCUT2D eigenvalue weighted by Crippen LogP contribution is -2.42. The molecule has 168 valence electrons. The highest BCUT2D eigenvalue weighted by Crippen LogP contribution is 2.13. The Bertz CT molecular complexity index is 582. The molecule has 0 radical (unpaired) electrons. The number of rotatable bonds is 11. The van der Waals surface area contributed by atoms with Crippen LogP contribution in [0.3, 0.4) is 0 Å². The molecule has 1 aromatic carbocycles. The standard InChI is InChI=1S/C23H42N4O.HI/c1-8-27(9-2)15-11-12-19(3)26-22(24-7)25-17-20-13-10-14-21(16-20)18-28-23(4,5)6;/h10,13-14,16,19H,8-9,11-12,15,17-18H2,1-7H3,(H2,24,25,26);1H. The third kappa shape index (κ3) is 13.1. The fourth-order valence-electron chi connectivity index (χ4n) is 2.98. The predicted octanol–water partition coefficient (Wildman–Crippen LogP) is 4.80. The van der Waals surface area contributed by atoms with Gasteiger partial charge in [0, 0.05) is 19.6 Å². The van der Waals surface area contributed by atoms with E-state index in [1.54, 1.807) is 0 Å². The van der Waals surface area contributed by atoms with E-state index in [9.17, 15) is 0 Å². The molecule has 0 spiro atoms. The Balaban J connectivity index is 0.00000784.